The first-order valence-electron chi connectivity index (χ1n) is 10.2. The molecule has 1 heterocycles. The summed E-state index contributed by atoms with van der Waals surface area (Å²) in [5.74, 6) is 0.434. The number of hydrogen-bond acceptors (Lipinski definition) is 5. The average molecular weight is 481 g/mol. The molecule has 1 unspecified atom stereocenters. The van der Waals surface area contributed by atoms with E-state index in [1.165, 1.54) is 38.4 Å². The third-order valence-electron chi connectivity index (χ3n) is 5.26. The summed E-state index contributed by atoms with van der Waals surface area (Å²) < 4.78 is 56.9. The zero-order valence-corrected chi connectivity index (χ0v) is 19.6. The second kappa shape index (κ2) is 9.84. The molecule has 0 spiro atoms. The molecule has 3 aromatic rings. The Morgan fingerprint density at radius 3 is 2.61 bits per heavy atom. The van der Waals surface area contributed by atoms with Crippen LogP contribution in [-0.2, 0) is 28.3 Å². The SMILES string of the molecule is CC(NC(=O)CCc1nc2cc(S(=O)(=O)N(C)C)ccc2n1C)c1cccc(OC(F)F)c1. The molecule has 1 amide bonds. The Morgan fingerprint density at radius 2 is 1.94 bits per heavy atom. The van der Waals surface area contributed by atoms with Crippen molar-refractivity contribution in [2.24, 2.45) is 7.05 Å². The highest BCUT2D eigenvalue weighted by atomic mass is 32.2. The van der Waals surface area contributed by atoms with E-state index in [2.05, 4.69) is 15.0 Å². The van der Waals surface area contributed by atoms with Crippen molar-refractivity contribution in [1.29, 1.82) is 0 Å². The van der Waals surface area contributed by atoms with Crippen LogP contribution in [0, 0.1) is 0 Å². The van der Waals surface area contributed by atoms with E-state index in [0.717, 1.165) is 9.82 Å². The smallest absolute Gasteiger partial charge is 0.387 e. The Kier molecular flexibility index (Phi) is 7.33. The van der Waals surface area contributed by atoms with Gasteiger partial charge in [-0.2, -0.15) is 8.78 Å². The summed E-state index contributed by atoms with van der Waals surface area (Å²) >= 11 is 0. The molecule has 33 heavy (non-hydrogen) atoms. The van der Waals surface area contributed by atoms with Crippen molar-refractivity contribution in [3.8, 4) is 5.75 Å². The molecule has 11 heteroatoms. The van der Waals surface area contributed by atoms with Crippen LogP contribution in [0.1, 0.15) is 30.8 Å². The summed E-state index contributed by atoms with van der Waals surface area (Å²) in [5, 5.41) is 2.84. The van der Waals surface area contributed by atoms with Crippen molar-refractivity contribution in [2.75, 3.05) is 14.1 Å². The Balaban J connectivity index is 1.67. The van der Waals surface area contributed by atoms with E-state index in [1.54, 1.807) is 32.2 Å². The molecule has 0 aliphatic heterocycles. The number of fused-ring (bicyclic) bond motifs is 1. The minimum absolute atomic E-state index is 0.0268. The normalized spacial score (nSPS) is 13.0. The van der Waals surface area contributed by atoms with Crippen molar-refractivity contribution < 1.29 is 26.7 Å². The standard InChI is InChI=1S/C22H26F2N4O4S/c1-14(15-6-5-7-16(12-15)32-22(23)24)25-21(29)11-10-20-26-18-13-17(33(30,31)27(2)3)8-9-19(18)28(20)4/h5-9,12-14,22H,10-11H2,1-4H3,(H,25,29). The van der Waals surface area contributed by atoms with Gasteiger partial charge in [0.15, 0.2) is 0 Å². The van der Waals surface area contributed by atoms with E-state index in [1.807, 2.05) is 4.57 Å². The quantitative estimate of drug-likeness (QED) is 0.508. The van der Waals surface area contributed by atoms with E-state index in [4.69, 9.17) is 0 Å². The van der Waals surface area contributed by atoms with Gasteiger partial charge in [0.1, 0.15) is 11.6 Å². The minimum Gasteiger partial charge on any atom is -0.435 e. The van der Waals surface area contributed by atoms with Crippen LogP contribution >= 0.6 is 0 Å². The van der Waals surface area contributed by atoms with Gasteiger partial charge in [0.05, 0.1) is 22.0 Å². The van der Waals surface area contributed by atoms with Gasteiger partial charge in [0, 0.05) is 34.0 Å². The molecule has 8 nitrogen and oxygen atoms in total. The number of amides is 1. The van der Waals surface area contributed by atoms with Gasteiger partial charge in [-0.25, -0.2) is 17.7 Å². The second-order valence-electron chi connectivity index (χ2n) is 7.77. The maximum atomic E-state index is 12.5. The predicted octanol–water partition coefficient (Wildman–Crippen LogP) is 3.24. The lowest BCUT2D eigenvalue weighted by Gasteiger charge is -2.15. The van der Waals surface area contributed by atoms with Crippen LogP contribution in [-0.4, -0.2) is 48.9 Å². The lowest BCUT2D eigenvalue weighted by atomic mass is 10.1. The molecule has 1 N–H and O–H groups in total. The fourth-order valence-corrected chi connectivity index (χ4v) is 4.33. The number of ether oxygens (including phenoxy) is 1. The van der Waals surface area contributed by atoms with Gasteiger partial charge >= 0.3 is 6.61 Å². The third-order valence-corrected chi connectivity index (χ3v) is 7.07. The number of benzene rings is 2. The number of alkyl halides is 2. The lowest BCUT2D eigenvalue weighted by Crippen LogP contribution is -2.27. The maximum absolute atomic E-state index is 12.5. The van der Waals surface area contributed by atoms with Gasteiger partial charge in [0.25, 0.3) is 0 Å². The van der Waals surface area contributed by atoms with Gasteiger partial charge in [-0.3, -0.25) is 4.79 Å². The summed E-state index contributed by atoms with van der Waals surface area (Å²) in [6, 6.07) is 10.5. The zero-order valence-electron chi connectivity index (χ0n) is 18.7. The molecule has 178 valence electrons. The highest BCUT2D eigenvalue weighted by molar-refractivity contribution is 7.89. The van der Waals surface area contributed by atoms with Gasteiger partial charge < -0.3 is 14.6 Å². The first-order chi connectivity index (χ1) is 15.5. The molecule has 2 aromatic carbocycles. The van der Waals surface area contributed by atoms with Crippen molar-refractivity contribution in [2.45, 2.75) is 37.3 Å². The van der Waals surface area contributed by atoms with Gasteiger partial charge in [-0.1, -0.05) is 12.1 Å². The number of carbonyl (C=O) groups is 1. The summed E-state index contributed by atoms with van der Waals surface area (Å²) in [5.41, 5.74) is 1.92. The fourth-order valence-electron chi connectivity index (χ4n) is 3.41. The monoisotopic (exact) mass is 480 g/mol. The number of aryl methyl sites for hydroxylation is 2. The van der Waals surface area contributed by atoms with Crippen molar-refractivity contribution in [3.63, 3.8) is 0 Å². The first kappa shape index (κ1) is 24.6. The van der Waals surface area contributed by atoms with E-state index >= 15 is 0 Å². The Labute approximate surface area is 191 Å². The molecule has 0 aliphatic carbocycles. The molecule has 0 aliphatic rings. The Bertz CT molecular complexity index is 1260. The van der Waals surface area contributed by atoms with Gasteiger partial charge in [-0.15, -0.1) is 0 Å². The second-order valence-corrected chi connectivity index (χ2v) is 9.92. The number of halogens is 2. The number of hydrogen-bond donors (Lipinski definition) is 1. The minimum atomic E-state index is -3.58. The molecule has 1 aromatic heterocycles. The molecule has 0 radical (unpaired) electrons. The van der Waals surface area contributed by atoms with Crippen LogP contribution < -0.4 is 10.1 Å². The Hall–Kier alpha value is -3.05. The number of sulfonamides is 1. The maximum Gasteiger partial charge on any atom is 0.387 e. The van der Waals surface area contributed by atoms with E-state index in [9.17, 15) is 22.0 Å². The summed E-state index contributed by atoms with van der Waals surface area (Å²) in [6.07, 6.45) is 0.492. The highest BCUT2D eigenvalue weighted by Crippen LogP contribution is 2.23. The molecule has 0 fully saturated rings. The predicted molar refractivity (Wildman–Crippen MR) is 120 cm³/mol. The van der Waals surface area contributed by atoms with Crippen LogP contribution in [0.5, 0.6) is 5.75 Å². The van der Waals surface area contributed by atoms with Crippen LogP contribution in [0.25, 0.3) is 11.0 Å². The van der Waals surface area contributed by atoms with E-state index in [0.29, 0.717) is 23.3 Å². The number of imidazole rings is 1. The number of rotatable bonds is 9. The molecule has 0 bridgehead atoms. The number of nitrogens with zero attached hydrogens (tertiary/aromatic N) is 3. The fraction of sp³-hybridized carbons (Fsp3) is 0.364. The number of aromatic nitrogens is 2. The van der Waals surface area contributed by atoms with Gasteiger partial charge in [0.2, 0.25) is 15.9 Å². The van der Waals surface area contributed by atoms with Crippen LogP contribution in [0.15, 0.2) is 47.4 Å². The number of nitrogens with one attached hydrogen (secondary N) is 1. The molecule has 0 saturated carbocycles. The molecule has 1 atom stereocenters. The highest BCUT2D eigenvalue weighted by Gasteiger charge is 2.19. The zero-order chi connectivity index (χ0) is 24.3. The lowest BCUT2D eigenvalue weighted by molar-refractivity contribution is -0.121. The van der Waals surface area contributed by atoms with Crippen molar-refractivity contribution >= 4 is 27.0 Å². The Morgan fingerprint density at radius 1 is 1.21 bits per heavy atom. The van der Waals surface area contributed by atoms with Crippen LogP contribution in [0.3, 0.4) is 0 Å². The van der Waals surface area contributed by atoms with Crippen molar-refractivity contribution in [3.05, 3.63) is 53.9 Å². The van der Waals surface area contributed by atoms with Crippen molar-refractivity contribution in [1.82, 2.24) is 19.2 Å². The van der Waals surface area contributed by atoms with Crippen LogP contribution in [0.4, 0.5) is 8.78 Å². The van der Waals surface area contributed by atoms with E-state index < -0.39 is 22.7 Å². The molecular formula is C22H26F2N4O4S. The molecular weight excluding hydrogens is 454 g/mol. The summed E-state index contributed by atoms with van der Waals surface area (Å²) in [4.78, 5) is 17.1. The largest absolute Gasteiger partial charge is 0.435 e. The first-order valence-corrected chi connectivity index (χ1v) is 11.6. The van der Waals surface area contributed by atoms with E-state index in [-0.39, 0.29) is 23.0 Å². The third kappa shape index (κ3) is 5.66. The summed E-state index contributed by atoms with van der Waals surface area (Å²) in [7, 11) is 1.15. The topological polar surface area (TPSA) is 93.5 Å². The van der Waals surface area contributed by atoms with Crippen LogP contribution in [0.2, 0.25) is 0 Å². The number of carbonyl (C=O) groups excluding carboxylic acids is 1. The molecule has 3 rings (SSSR count). The van der Waals surface area contributed by atoms with Gasteiger partial charge in [-0.05, 0) is 42.8 Å². The average Bonchev–Trinajstić information content (AvgIpc) is 3.06. The molecule has 0 saturated heterocycles. The summed E-state index contributed by atoms with van der Waals surface area (Å²) in [6.45, 7) is -1.17.